The third-order valence-electron chi connectivity index (χ3n) is 3.71. The van der Waals surface area contributed by atoms with E-state index in [1.807, 2.05) is 30.3 Å². The number of carbonyl (C=O) groups excluding carboxylic acids is 1. The summed E-state index contributed by atoms with van der Waals surface area (Å²) in [5, 5.41) is 2.77. The van der Waals surface area contributed by atoms with Crippen molar-refractivity contribution in [2.45, 2.75) is 24.7 Å². The van der Waals surface area contributed by atoms with E-state index in [1.54, 1.807) is 19.1 Å². The standard InChI is InChI=1S/C18H22N2O3S/c1-14-9-11-16(13-17(14)24(22,23)20(2)3)19-18(21)12-10-15-7-5-4-6-8-15/h4-9,11,13H,10,12H2,1-3H3,(H,19,21). The number of anilines is 1. The van der Waals surface area contributed by atoms with Gasteiger partial charge in [0.15, 0.2) is 0 Å². The highest BCUT2D eigenvalue weighted by Crippen LogP contribution is 2.22. The van der Waals surface area contributed by atoms with E-state index in [2.05, 4.69) is 5.32 Å². The molecule has 0 saturated heterocycles. The maximum absolute atomic E-state index is 12.3. The van der Waals surface area contributed by atoms with Crippen LogP contribution < -0.4 is 5.32 Å². The summed E-state index contributed by atoms with van der Waals surface area (Å²) in [6.07, 6.45) is 0.981. The highest BCUT2D eigenvalue weighted by molar-refractivity contribution is 7.89. The summed E-state index contributed by atoms with van der Waals surface area (Å²) in [4.78, 5) is 12.3. The summed E-state index contributed by atoms with van der Waals surface area (Å²) in [6, 6.07) is 14.7. The van der Waals surface area contributed by atoms with Crippen molar-refractivity contribution in [1.82, 2.24) is 4.31 Å². The van der Waals surface area contributed by atoms with Gasteiger partial charge in [-0.3, -0.25) is 4.79 Å². The smallest absolute Gasteiger partial charge is 0.242 e. The Kier molecular flexibility index (Phi) is 5.75. The van der Waals surface area contributed by atoms with Gasteiger partial charge in [-0.1, -0.05) is 36.4 Å². The topological polar surface area (TPSA) is 66.5 Å². The van der Waals surface area contributed by atoms with Crippen LogP contribution in [0.1, 0.15) is 17.5 Å². The fourth-order valence-corrected chi connectivity index (χ4v) is 3.42. The van der Waals surface area contributed by atoms with E-state index >= 15 is 0 Å². The van der Waals surface area contributed by atoms with Crippen molar-refractivity contribution < 1.29 is 13.2 Å². The van der Waals surface area contributed by atoms with E-state index in [9.17, 15) is 13.2 Å². The fourth-order valence-electron chi connectivity index (χ4n) is 2.28. The molecule has 2 aromatic rings. The molecule has 0 spiro atoms. The molecule has 5 nitrogen and oxygen atoms in total. The van der Waals surface area contributed by atoms with Crippen LogP contribution in [0.5, 0.6) is 0 Å². The van der Waals surface area contributed by atoms with Gasteiger partial charge < -0.3 is 5.32 Å². The Labute approximate surface area is 143 Å². The Morgan fingerprint density at radius 2 is 1.75 bits per heavy atom. The van der Waals surface area contributed by atoms with Crippen molar-refractivity contribution >= 4 is 21.6 Å². The van der Waals surface area contributed by atoms with Gasteiger partial charge in [0.2, 0.25) is 15.9 Å². The lowest BCUT2D eigenvalue weighted by Gasteiger charge is -2.15. The molecule has 128 valence electrons. The molecule has 0 atom stereocenters. The van der Waals surface area contributed by atoms with E-state index < -0.39 is 10.0 Å². The van der Waals surface area contributed by atoms with Crippen LogP contribution in [0.15, 0.2) is 53.4 Å². The maximum Gasteiger partial charge on any atom is 0.242 e. The quantitative estimate of drug-likeness (QED) is 0.875. The molecule has 0 unspecified atom stereocenters. The van der Waals surface area contributed by atoms with E-state index in [4.69, 9.17) is 0 Å². The number of nitrogens with zero attached hydrogens (tertiary/aromatic N) is 1. The SMILES string of the molecule is Cc1ccc(NC(=O)CCc2ccccc2)cc1S(=O)(=O)N(C)C. The van der Waals surface area contributed by atoms with Crippen molar-refractivity contribution in [2.75, 3.05) is 19.4 Å². The number of nitrogens with one attached hydrogen (secondary N) is 1. The van der Waals surface area contributed by atoms with E-state index in [-0.39, 0.29) is 10.8 Å². The molecule has 0 aliphatic heterocycles. The van der Waals surface area contributed by atoms with Crippen LogP contribution in [-0.4, -0.2) is 32.7 Å². The van der Waals surface area contributed by atoms with Crippen molar-refractivity contribution in [1.29, 1.82) is 0 Å². The zero-order valence-electron chi connectivity index (χ0n) is 14.1. The summed E-state index contributed by atoms with van der Waals surface area (Å²) >= 11 is 0. The average Bonchev–Trinajstić information content (AvgIpc) is 2.55. The summed E-state index contributed by atoms with van der Waals surface area (Å²) < 4.78 is 25.8. The lowest BCUT2D eigenvalue weighted by atomic mass is 10.1. The third kappa shape index (κ3) is 4.43. The van der Waals surface area contributed by atoms with E-state index in [0.29, 0.717) is 24.1 Å². The first kappa shape index (κ1) is 18.2. The second kappa shape index (κ2) is 7.59. The Hall–Kier alpha value is -2.18. The zero-order valence-corrected chi connectivity index (χ0v) is 14.9. The van der Waals surface area contributed by atoms with Gasteiger partial charge in [0, 0.05) is 26.2 Å². The summed E-state index contributed by atoms with van der Waals surface area (Å²) in [6.45, 7) is 1.73. The first-order chi connectivity index (χ1) is 11.3. The predicted molar refractivity (Wildman–Crippen MR) is 95.4 cm³/mol. The van der Waals surface area contributed by atoms with E-state index in [0.717, 1.165) is 9.87 Å². The minimum absolute atomic E-state index is 0.143. The second-order valence-electron chi connectivity index (χ2n) is 5.80. The molecule has 0 aliphatic carbocycles. The van der Waals surface area contributed by atoms with Gasteiger partial charge in [0.05, 0.1) is 4.90 Å². The average molecular weight is 346 g/mol. The lowest BCUT2D eigenvalue weighted by Crippen LogP contribution is -2.23. The fraction of sp³-hybridized carbons (Fsp3) is 0.278. The van der Waals surface area contributed by atoms with Crippen molar-refractivity contribution in [3.63, 3.8) is 0 Å². The van der Waals surface area contributed by atoms with Gasteiger partial charge in [-0.05, 0) is 36.6 Å². The highest BCUT2D eigenvalue weighted by Gasteiger charge is 2.20. The first-order valence-corrected chi connectivity index (χ1v) is 9.11. The Balaban J connectivity index is 2.09. The molecule has 0 bridgehead atoms. The number of sulfonamides is 1. The van der Waals surface area contributed by atoms with Gasteiger partial charge in [-0.2, -0.15) is 0 Å². The molecule has 24 heavy (non-hydrogen) atoms. The number of benzene rings is 2. The number of hydrogen-bond donors (Lipinski definition) is 1. The molecule has 0 saturated carbocycles. The van der Waals surface area contributed by atoms with Crippen LogP contribution in [0.2, 0.25) is 0 Å². The normalized spacial score (nSPS) is 11.5. The highest BCUT2D eigenvalue weighted by atomic mass is 32.2. The number of hydrogen-bond acceptors (Lipinski definition) is 3. The Morgan fingerprint density at radius 1 is 1.08 bits per heavy atom. The van der Waals surface area contributed by atoms with Crippen LogP contribution in [0.4, 0.5) is 5.69 Å². The molecular weight excluding hydrogens is 324 g/mol. The number of aryl methyl sites for hydroxylation is 2. The molecule has 0 fully saturated rings. The van der Waals surface area contributed by atoms with Gasteiger partial charge in [-0.15, -0.1) is 0 Å². The van der Waals surface area contributed by atoms with E-state index in [1.165, 1.54) is 20.2 Å². The monoisotopic (exact) mass is 346 g/mol. The van der Waals surface area contributed by atoms with Gasteiger partial charge >= 0.3 is 0 Å². The van der Waals surface area contributed by atoms with Crippen molar-refractivity contribution in [3.05, 3.63) is 59.7 Å². The number of carbonyl (C=O) groups is 1. The van der Waals surface area contributed by atoms with Gasteiger partial charge in [-0.25, -0.2) is 12.7 Å². The Morgan fingerprint density at radius 3 is 2.38 bits per heavy atom. The van der Waals surface area contributed by atoms with Crippen LogP contribution in [0, 0.1) is 6.92 Å². The largest absolute Gasteiger partial charge is 0.326 e. The van der Waals surface area contributed by atoms with Crippen molar-refractivity contribution in [2.24, 2.45) is 0 Å². The van der Waals surface area contributed by atoms with Crippen molar-refractivity contribution in [3.8, 4) is 0 Å². The van der Waals surface area contributed by atoms with Crippen LogP contribution in [-0.2, 0) is 21.2 Å². The number of rotatable bonds is 6. The maximum atomic E-state index is 12.3. The summed E-state index contributed by atoms with van der Waals surface area (Å²) in [5.41, 5.74) is 2.22. The Bertz CT molecular complexity index is 815. The van der Waals surface area contributed by atoms with Crippen LogP contribution in [0.25, 0.3) is 0 Å². The molecule has 0 radical (unpaired) electrons. The molecule has 0 aliphatic rings. The molecule has 2 rings (SSSR count). The number of amides is 1. The summed E-state index contributed by atoms with van der Waals surface area (Å²) in [5.74, 6) is -0.143. The van der Waals surface area contributed by atoms with Crippen LogP contribution in [0.3, 0.4) is 0 Å². The predicted octanol–water partition coefficient (Wildman–Crippen LogP) is 2.82. The lowest BCUT2D eigenvalue weighted by molar-refractivity contribution is -0.116. The first-order valence-electron chi connectivity index (χ1n) is 7.67. The molecular formula is C18H22N2O3S. The minimum Gasteiger partial charge on any atom is -0.326 e. The molecule has 0 heterocycles. The van der Waals surface area contributed by atoms with Crippen LogP contribution >= 0.6 is 0 Å². The minimum atomic E-state index is -3.54. The summed E-state index contributed by atoms with van der Waals surface area (Å²) in [7, 11) is -0.567. The molecule has 6 heteroatoms. The third-order valence-corrected chi connectivity index (χ3v) is 5.67. The molecule has 1 amide bonds. The van der Waals surface area contributed by atoms with Gasteiger partial charge in [0.25, 0.3) is 0 Å². The van der Waals surface area contributed by atoms with Gasteiger partial charge in [0.1, 0.15) is 0 Å². The molecule has 1 N–H and O–H groups in total. The second-order valence-corrected chi connectivity index (χ2v) is 7.92. The zero-order chi connectivity index (χ0) is 17.7. The molecule has 0 aromatic heterocycles. The molecule has 2 aromatic carbocycles.